The highest BCUT2D eigenvalue weighted by Crippen LogP contribution is 2.14. The molecule has 8 nitrogen and oxygen atoms in total. The normalized spacial score (nSPS) is 13.1. The van der Waals surface area contributed by atoms with Crippen LogP contribution in [0.4, 0.5) is 0 Å². The van der Waals surface area contributed by atoms with Gasteiger partial charge in [-0.15, -0.1) is 0 Å². The van der Waals surface area contributed by atoms with Gasteiger partial charge < -0.3 is 20.5 Å². The maximum Gasteiger partial charge on any atom is 0.330 e. The summed E-state index contributed by atoms with van der Waals surface area (Å²) in [6, 6.07) is 12.6. The Labute approximate surface area is 200 Å². The number of nitrogens with one attached hydrogen (secondary N) is 1. The molecule has 0 spiro atoms. The molecule has 3 N–H and O–H groups in total. The highest BCUT2D eigenvalue weighted by atomic mass is 32.2. The Balaban J connectivity index is 2.02. The van der Waals surface area contributed by atoms with Crippen molar-refractivity contribution < 1.29 is 27.5 Å². The van der Waals surface area contributed by atoms with Crippen molar-refractivity contribution in [2.75, 3.05) is 20.0 Å². The van der Waals surface area contributed by atoms with Crippen molar-refractivity contribution in [1.82, 2.24) is 5.32 Å². The highest BCUT2D eigenvalue weighted by Gasteiger charge is 2.34. The van der Waals surface area contributed by atoms with Crippen molar-refractivity contribution in [3.8, 4) is 17.6 Å². The fraction of sp³-hybridized carbons (Fsp3) is 0.360. The van der Waals surface area contributed by atoms with E-state index in [9.17, 15) is 18.0 Å². The van der Waals surface area contributed by atoms with Gasteiger partial charge in [-0.1, -0.05) is 11.8 Å². The van der Waals surface area contributed by atoms with Gasteiger partial charge in [0, 0.05) is 28.5 Å². The molecule has 0 aliphatic carbocycles. The van der Waals surface area contributed by atoms with E-state index in [-0.39, 0.29) is 6.61 Å². The van der Waals surface area contributed by atoms with Crippen molar-refractivity contribution in [3.05, 3.63) is 65.2 Å². The van der Waals surface area contributed by atoms with Gasteiger partial charge in [-0.3, -0.25) is 4.79 Å². The van der Waals surface area contributed by atoms with Crippen LogP contribution in [0.2, 0.25) is 0 Å². The van der Waals surface area contributed by atoms with E-state index in [4.69, 9.17) is 15.2 Å². The highest BCUT2D eigenvalue weighted by molar-refractivity contribution is 7.91. The number of rotatable bonds is 8. The molecule has 0 saturated heterocycles. The largest absolute Gasteiger partial charge is 0.492 e. The molecule has 0 fully saturated rings. The molecule has 2 rings (SSSR count). The van der Waals surface area contributed by atoms with Crippen LogP contribution in [-0.2, 0) is 19.4 Å². The number of esters is 1. The third-order valence-corrected chi connectivity index (χ3v) is 6.62. The van der Waals surface area contributed by atoms with E-state index in [1.54, 1.807) is 69.3 Å². The molecule has 182 valence electrons. The number of carbonyl (C=O) groups is 2. The number of carbonyl (C=O) groups excluding carboxylic acids is 2. The second-order valence-corrected chi connectivity index (χ2v) is 11.0. The monoisotopic (exact) mass is 486 g/mol. The lowest BCUT2D eigenvalue weighted by molar-refractivity contribution is -0.144. The van der Waals surface area contributed by atoms with Gasteiger partial charge in [0.25, 0.3) is 5.91 Å². The van der Waals surface area contributed by atoms with Gasteiger partial charge in [-0.2, -0.15) is 0 Å². The second-order valence-electron chi connectivity index (χ2n) is 8.55. The molecule has 0 bridgehead atoms. The Morgan fingerprint density at radius 2 is 1.53 bits per heavy atom. The molecule has 1 amide bonds. The first-order valence-corrected chi connectivity index (χ1v) is 12.5. The smallest absolute Gasteiger partial charge is 0.330 e. The van der Waals surface area contributed by atoms with E-state index in [2.05, 4.69) is 17.2 Å². The summed E-state index contributed by atoms with van der Waals surface area (Å²) in [6.45, 7) is 4.93. The third-order valence-electron chi connectivity index (χ3n) is 5.02. The molecule has 2 atom stereocenters. The van der Waals surface area contributed by atoms with Gasteiger partial charge in [-0.05, 0) is 69.3 Å². The Bertz CT molecular complexity index is 1170. The molecule has 34 heavy (non-hydrogen) atoms. The molecule has 2 aromatic rings. The van der Waals surface area contributed by atoms with E-state index in [0.29, 0.717) is 16.9 Å². The number of benzene rings is 2. The molecule has 2 aromatic carbocycles. The number of methoxy groups -OCH3 is 1. The van der Waals surface area contributed by atoms with E-state index < -0.39 is 38.5 Å². The van der Waals surface area contributed by atoms with Crippen molar-refractivity contribution in [2.45, 2.75) is 37.6 Å². The average Bonchev–Trinajstić information content (AvgIpc) is 2.78. The molecular formula is C25H30N2O6S. The zero-order chi connectivity index (χ0) is 25.5. The molecular weight excluding hydrogens is 456 g/mol. The van der Waals surface area contributed by atoms with Gasteiger partial charge in [0.2, 0.25) is 0 Å². The first-order chi connectivity index (χ1) is 15.8. The number of amides is 1. The zero-order valence-corrected chi connectivity index (χ0v) is 20.7. The van der Waals surface area contributed by atoms with Crippen LogP contribution < -0.4 is 15.8 Å². The van der Waals surface area contributed by atoms with Crippen molar-refractivity contribution in [1.29, 1.82) is 0 Å². The topological polar surface area (TPSA) is 125 Å². The molecule has 0 heterocycles. The number of ether oxygens (including phenoxy) is 2. The molecule has 0 aliphatic rings. The van der Waals surface area contributed by atoms with E-state index in [0.717, 1.165) is 5.56 Å². The molecule has 1 unspecified atom stereocenters. The molecule has 0 radical (unpaired) electrons. The van der Waals surface area contributed by atoms with E-state index >= 15 is 0 Å². The molecule has 0 aromatic heterocycles. The average molecular weight is 487 g/mol. The second kappa shape index (κ2) is 11.2. The first-order valence-electron chi connectivity index (χ1n) is 10.5. The van der Waals surface area contributed by atoms with Gasteiger partial charge in [0.15, 0.2) is 9.84 Å². The van der Waals surface area contributed by atoms with Crippen LogP contribution in [0, 0.1) is 11.8 Å². The summed E-state index contributed by atoms with van der Waals surface area (Å²) < 4.78 is 33.2. The number of nitrogens with two attached hydrogens (primary N) is 1. The Morgan fingerprint density at radius 1 is 1.03 bits per heavy atom. The predicted molar refractivity (Wildman–Crippen MR) is 130 cm³/mol. The fourth-order valence-corrected chi connectivity index (χ4v) is 3.02. The summed E-state index contributed by atoms with van der Waals surface area (Å²) in [5.74, 6) is 5.52. The summed E-state index contributed by atoms with van der Waals surface area (Å²) in [5.41, 5.74) is 6.79. The van der Waals surface area contributed by atoms with Crippen LogP contribution in [0.3, 0.4) is 0 Å². The minimum Gasteiger partial charge on any atom is -0.492 e. The van der Waals surface area contributed by atoms with Crippen LogP contribution in [-0.4, -0.2) is 57.1 Å². The third kappa shape index (κ3) is 7.90. The number of sulfone groups is 1. The van der Waals surface area contributed by atoms with Crippen LogP contribution >= 0.6 is 0 Å². The lowest BCUT2D eigenvalue weighted by Gasteiger charge is -2.28. The summed E-state index contributed by atoms with van der Waals surface area (Å²) >= 11 is 0. The van der Waals surface area contributed by atoms with Crippen molar-refractivity contribution in [3.63, 3.8) is 0 Å². The molecule has 0 aliphatic heterocycles. The van der Waals surface area contributed by atoms with Crippen LogP contribution in [0.1, 0.15) is 42.3 Å². The van der Waals surface area contributed by atoms with Gasteiger partial charge >= 0.3 is 5.97 Å². The van der Waals surface area contributed by atoms with E-state index in [1.807, 2.05) is 0 Å². The maximum absolute atomic E-state index is 12.5. The summed E-state index contributed by atoms with van der Waals surface area (Å²) in [4.78, 5) is 24.5. The van der Waals surface area contributed by atoms with Crippen LogP contribution in [0.25, 0.3) is 0 Å². The zero-order valence-electron chi connectivity index (χ0n) is 19.9. The van der Waals surface area contributed by atoms with Crippen molar-refractivity contribution in [2.24, 2.45) is 5.73 Å². The lowest BCUT2D eigenvalue weighted by atomic mass is 9.95. The maximum atomic E-state index is 12.5. The summed E-state index contributed by atoms with van der Waals surface area (Å²) in [7, 11) is -1.91. The SMILES string of the molecule is COC(=O)[C@@H](NC(=O)c1ccc(C#Cc2ccc(OCC(C)S(C)(=O)=O)cc2)cc1)C(C)(C)N. The molecule has 9 heteroatoms. The Morgan fingerprint density at radius 3 is 1.97 bits per heavy atom. The summed E-state index contributed by atoms with van der Waals surface area (Å²) in [5, 5.41) is 2.02. The first kappa shape index (κ1) is 26.9. The van der Waals surface area contributed by atoms with Gasteiger partial charge in [0.1, 0.15) is 18.4 Å². The minimum atomic E-state index is -3.15. The van der Waals surface area contributed by atoms with Crippen LogP contribution in [0.5, 0.6) is 5.75 Å². The summed E-state index contributed by atoms with van der Waals surface area (Å²) in [6.07, 6.45) is 1.18. The van der Waals surface area contributed by atoms with E-state index in [1.165, 1.54) is 13.4 Å². The Kier molecular flexibility index (Phi) is 8.85. The predicted octanol–water partition coefficient (Wildman–Crippen LogP) is 1.91. The number of hydrogen-bond donors (Lipinski definition) is 2. The lowest BCUT2D eigenvalue weighted by Crippen LogP contribution is -2.59. The van der Waals surface area contributed by atoms with Gasteiger partial charge in [-0.25, -0.2) is 13.2 Å². The van der Waals surface area contributed by atoms with Gasteiger partial charge in [0.05, 0.1) is 12.4 Å². The van der Waals surface area contributed by atoms with Crippen LogP contribution in [0.15, 0.2) is 48.5 Å². The quantitative estimate of drug-likeness (QED) is 0.431. The van der Waals surface area contributed by atoms with Crippen molar-refractivity contribution >= 4 is 21.7 Å². The molecule has 0 saturated carbocycles. The fourth-order valence-electron chi connectivity index (χ4n) is 2.70. The Hall–Kier alpha value is -3.35. The number of hydrogen-bond acceptors (Lipinski definition) is 7. The minimum absolute atomic E-state index is 0.0763. The standard InChI is InChI=1S/C25H30N2O6S/c1-17(34(5,30)31)16-33-21-14-10-19(11-15-21)7-6-18-8-12-20(13-9-18)23(28)27-22(24(29)32-4)25(2,3)26/h8-15,17,22H,16,26H2,1-5H3,(H,27,28)/t17?,22-/m1/s1.